The lowest BCUT2D eigenvalue weighted by atomic mass is 10.1. The molecule has 0 unspecified atom stereocenters. The molecular weight excluding hydrogens is 447 g/mol. The number of carbonyl (C=O) groups is 1. The Kier molecular flexibility index (Phi) is 6.32. The Morgan fingerprint density at radius 2 is 2.06 bits per heavy atom. The van der Waals surface area contributed by atoms with Crippen LogP contribution < -0.4 is 20.7 Å². The minimum Gasteiger partial charge on any atom is -0.487 e. The quantitative estimate of drug-likeness (QED) is 0.343. The van der Waals surface area contributed by atoms with Gasteiger partial charge in [-0.1, -0.05) is 18.7 Å². The molecule has 0 bridgehead atoms. The van der Waals surface area contributed by atoms with Gasteiger partial charge in [0.1, 0.15) is 29.8 Å². The van der Waals surface area contributed by atoms with Crippen molar-refractivity contribution in [1.82, 2.24) is 20.3 Å². The predicted molar refractivity (Wildman–Crippen MR) is 133 cm³/mol. The van der Waals surface area contributed by atoms with E-state index in [-0.39, 0.29) is 17.8 Å². The number of anilines is 3. The predicted octanol–water partition coefficient (Wildman–Crippen LogP) is 4.44. The zero-order chi connectivity index (χ0) is 24.2. The van der Waals surface area contributed by atoms with Crippen molar-refractivity contribution in [2.24, 2.45) is 0 Å². The van der Waals surface area contributed by atoms with E-state index in [0.29, 0.717) is 45.1 Å². The molecule has 1 aliphatic rings. The molecule has 9 heteroatoms. The first kappa shape index (κ1) is 22.4. The number of nitrogens with zero attached hydrogens (tertiary/aromatic N) is 3. The molecule has 35 heavy (non-hydrogen) atoms. The third kappa shape index (κ3) is 4.95. The summed E-state index contributed by atoms with van der Waals surface area (Å²) >= 11 is 0. The van der Waals surface area contributed by atoms with Gasteiger partial charge < -0.3 is 20.7 Å². The number of carbonyl (C=O) groups excluding carboxylic acids is 1. The second kappa shape index (κ2) is 9.86. The Labute approximate surface area is 201 Å². The number of hydrogen-bond acceptors (Lipinski definition) is 7. The molecule has 3 heterocycles. The second-order valence-corrected chi connectivity index (χ2v) is 8.05. The van der Waals surface area contributed by atoms with E-state index in [1.54, 1.807) is 48.7 Å². The van der Waals surface area contributed by atoms with Crippen molar-refractivity contribution in [2.45, 2.75) is 12.5 Å². The Morgan fingerprint density at radius 3 is 2.86 bits per heavy atom. The van der Waals surface area contributed by atoms with Crippen LogP contribution in [0.2, 0.25) is 0 Å². The third-order valence-electron chi connectivity index (χ3n) is 5.66. The van der Waals surface area contributed by atoms with Crippen molar-refractivity contribution in [2.75, 3.05) is 23.7 Å². The van der Waals surface area contributed by atoms with Gasteiger partial charge in [0.15, 0.2) is 0 Å². The highest BCUT2D eigenvalue weighted by Gasteiger charge is 2.20. The summed E-state index contributed by atoms with van der Waals surface area (Å²) in [5.74, 6) is 0.340. The summed E-state index contributed by atoms with van der Waals surface area (Å²) < 4.78 is 20.4. The van der Waals surface area contributed by atoms with Crippen LogP contribution in [0.1, 0.15) is 6.42 Å². The first-order chi connectivity index (χ1) is 17.1. The highest BCUT2D eigenvalue weighted by Crippen LogP contribution is 2.35. The molecule has 0 saturated carbocycles. The van der Waals surface area contributed by atoms with Crippen LogP contribution in [0.5, 0.6) is 5.75 Å². The number of nitrogens with one attached hydrogen (secondary N) is 3. The van der Waals surface area contributed by atoms with Crippen LogP contribution >= 0.6 is 0 Å². The van der Waals surface area contributed by atoms with E-state index in [1.807, 2.05) is 0 Å². The molecule has 2 aromatic heterocycles. The number of aromatic nitrogens is 3. The fraction of sp³-hybridized carbons (Fsp3) is 0.154. The number of benzene rings is 2. The van der Waals surface area contributed by atoms with E-state index in [1.165, 1.54) is 18.5 Å². The van der Waals surface area contributed by atoms with Crippen molar-refractivity contribution in [3.05, 3.63) is 79.5 Å². The smallest absolute Gasteiger partial charge is 0.247 e. The molecule has 3 N–H and O–H groups in total. The van der Waals surface area contributed by atoms with E-state index in [2.05, 4.69) is 37.5 Å². The molecule has 0 spiro atoms. The third-order valence-corrected chi connectivity index (χ3v) is 5.66. The molecule has 1 amide bonds. The summed E-state index contributed by atoms with van der Waals surface area (Å²) in [4.78, 5) is 25.2. The van der Waals surface area contributed by atoms with Gasteiger partial charge in [0.25, 0.3) is 0 Å². The van der Waals surface area contributed by atoms with Crippen LogP contribution in [0, 0.1) is 5.82 Å². The Hall–Kier alpha value is -4.37. The van der Waals surface area contributed by atoms with Gasteiger partial charge in [0, 0.05) is 35.4 Å². The van der Waals surface area contributed by atoms with E-state index in [4.69, 9.17) is 4.74 Å². The molecule has 8 nitrogen and oxygen atoms in total. The molecular formula is C26H23FN6O2. The summed E-state index contributed by atoms with van der Waals surface area (Å²) in [6.45, 7) is 5.14. The topological polar surface area (TPSA) is 101 Å². The van der Waals surface area contributed by atoms with Gasteiger partial charge in [-0.2, -0.15) is 0 Å². The van der Waals surface area contributed by atoms with Crippen LogP contribution in [0.3, 0.4) is 0 Å². The number of fused-ring (bicyclic) bond motifs is 1. The largest absolute Gasteiger partial charge is 0.487 e. The average molecular weight is 471 g/mol. The number of amides is 1. The van der Waals surface area contributed by atoms with Crippen molar-refractivity contribution >= 4 is 34.0 Å². The van der Waals surface area contributed by atoms with Crippen LogP contribution in [0.25, 0.3) is 22.2 Å². The van der Waals surface area contributed by atoms with E-state index >= 15 is 0 Å². The number of ether oxygens (including phenoxy) is 1. The molecule has 2 aromatic carbocycles. The molecule has 1 atom stereocenters. The summed E-state index contributed by atoms with van der Waals surface area (Å²) in [6.07, 6.45) is 5.13. The molecule has 4 aromatic rings. The summed E-state index contributed by atoms with van der Waals surface area (Å²) in [5, 5.41) is 10.0. The zero-order valence-corrected chi connectivity index (χ0v) is 18.8. The van der Waals surface area contributed by atoms with Crippen LogP contribution in [-0.2, 0) is 4.79 Å². The highest BCUT2D eigenvalue weighted by atomic mass is 19.1. The average Bonchev–Trinajstić information content (AvgIpc) is 3.38. The number of rotatable bonds is 7. The monoisotopic (exact) mass is 470 g/mol. The molecule has 1 saturated heterocycles. The minimum atomic E-state index is -0.353. The highest BCUT2D eigenvalue weighted by molar-refractivity contribution is 6.03. The van der Waals surface area contributed by atoms with Crippen molar-refractivity contribution < 1.29 is 13.9 Å². The van der Waals surface area contributed by atoms with E-state index < -0.39 is 0 Å². The SMILES string of the molecule is C=CC(=O)Nc1cc2c(Nc3ccnc(-c4ccccc4F)c3)ncnc2cc1O[C@@H]1CCNC1. The maximum atomic E-state index is 14.3. The lowest BCUT2D eigenvalue weighted by molar-refractivity contribution is -0.111. The van der Waals surface area contributed by atoms with Crippen molar-refractivity contribution in [3.8, 4) is 17.0 Å². The Bertz CT molecular complexity index is 1400. The fourth-order valence-corrected chi connectivity index (χ4v) is 3.93. The molecule has 5 rings (SSSR count). The second-order valence-electron chi connectivity index (χ2n) is 8.05. The maximum Gasteiger partial charge on any atom is 0.247 e. The molecule has 0 radical (unpaired) electrons. The first-order valence-electron chi connectivity index (χ1n) is 11.2. The van der Waals surface area contributed by atoms with Crippen LogP contribution in [0.15, 0.2) is 73.7 Å². The van der Waals surface area contributed by atoms with Crippen molar-refractivity contribution in [1.29, 1.82) is 0 Å². The Balaban J connectivity index is 1.51. The summed E-state index contributed by atoms with van der Waals surface area (Å²) in [6, 6.07) is 13.6. The van der Waals surface area contributed by atoms with E-state index in [0.717, 1.165) is 19.5 Å². The van der Waals surface area contributed by atoms with Gasteiger partial charge in [-0.15, -0.1) is 0 Å². The molecule has 1 fully saturated rings. The van der Waals surface area contributed by atoms with Crippen LogP contribution in [0.4, 0.5) is 21.6 Å². The van der Waals surface area contributed by atoms with Gasteiger partial charge in [-0.25, -0.2) is 14.4 Å². The molecule has 0 aliphatic carbocycles. The minimum absolute atomic E-state index is 0.000104. The first-order valence-corrected chi connectivity index (χ1v) is 11.2. The van der Waals surface area contributed by atoms with Crippen molar-refractivity contribution in [3.63, 3.8) is 0 Å². The molecule has 1 aliphatic heterocycles. The lowest BCUT2D eigenvalue weighted by Crippen LogP contribution is -2.20. The number of halogens is 1. The number of hydrogen-bond donors (Lipinski definition) is 3. The Morgan fingerprint density at radius 1 is 1.17 bits per heavy atom. The summed E-state index contributed by atoms with van der Waals surface area (Å²) in [7, 11) is 0. The standard InChI is InChI=1S/C26H23FN6O2/c1-2-25(34)33-23-12-19-22(13-24(23)35-17-8-9-28-14-17)30-15-31-26(19)32-16-7-10-29-21(11-16)18-5-3-4-6-20(18)27/h2-7,10-13,15,17,28H,1,8-9,14H2,(H,33,34)(H,29,30,31,32)/t17-/m1/s1. The summed E-state index contributed by atoms with van der Waals surface area (Å²) in [5.41, 5.74) is 2.71. The van der Waals surface area contributed by atoms with Gasteiger partial charge in [-0.3, -0.25) is 9.78 Å². The zero-order valence-electron chi connectivity index (χ0n) is 18.8. The normalized spacial score (nSPS) is 15.1. The fourth-order valence-electron chi connectivity index (χ4n) is 3.93. The van der Waals surface area contributed by atoms with Gasteiger partial charge in [0.2, 0.25) is 5.91 Å². The van der Waals surface area contributed by atoms with Gasteiger partial charge in [0.05, 0.1) is 16.9 Å². The van der Waals surface area contributed by atoms with Gasteiger partial charge >= 0.3 is 0 Å². The lowest BCUT2D eigenvalue weighted by Gasteiger charge is -2.18. The van der Waals surface area contributed by atoms with E-state index in [9.17, 15) is 9.18 Å². The van der Waals surface area contributed by atoms with Gasteiger partial charge in [-0.05, 0) is 49.4 Å². The number of pyridine rings is 1. The maximum absolute atomic E-state index is 14.3. The molecule has 176 valence electrons. The van der Waals surface area contributed by atoms with Crippen LogP contribution in [-0.4, -0.2) is 40.1 Å².